The fourth-order valence-electron chi connectivity index (χ4n) is 2.87. The molecule has 3 heterocycles. The Bertz CT molecular complexity index is 876. The standard InChI is InChI=1S/C18H16N4O2/c1-13-12-21(16-8-4-9-19-17(16)24-13)18(23)14-6-2-3-7-15(14)22-11-5-10-20-22/h2-11,13H,12H2,1H3/t13-/m1/s1. The fraction of sp³-hybridized carbons (Fsp3) is 0.167. The molecule has 0 aliphatic carbocycles. The summed E-state index contributed by atoms with van der Waals surface area (Å²) in [4.78, 5) is 19.2. The van der Waals surface area contributed by atoms with Gasteiger partial charge in [0, 0.05) is 18.6 Å². The highest BCUT2D eigenvalue weighted by atomic mass is 16.5. The second-order valence-electron chi connectivity index (χ2n) is 5.64. The number of pyridine rings is 1. The van der Waals surface area contributed by atoms with E-state index in [-0.39, 0.29) is 12.0 Å². The number of rotatable bonds is 2. The van der Waals surface area contributed by atoms with E-state index in [1.165, 1.54) is 0 Å². The molecule has 0 saturated carbocycles. The molecular formula is C18H16N4O2. The lowest BCUT2D eigenvalue weighted by atomic mass is 10.1. The Balaban J connectivity index is 1.78. The van der Waals surface area contributed by atoms with E-state index >= 15 is 0 Å². The molecule has 2 aromatic heterocycles. The summed E-state index contributed by atoms with van der Waals surface area (Å²) < 4.78 is 7.42. The number of hydrogen-bond acceptors (Lipinski definition) is 4. The number of aromatic nitrogens is 3. The first-order valence-electron chi connectivity index (χ1n) is 7.76. The molecule has 0 saturated heterocycles. The van der Waals surface area contributed by atoms with Crippen molar-refractivity contribution in [3.05, 3.63) is 66.6 Å². The van der Waals surface area contributed by atoms with Crippen molar-refractivity contribution in [2.75, 3.05) is 11.4 Å². The van der Waals surface area contributed by atoms with E-state index in [4.69, 9.17) is 4.74 Å². The van der Waals surface area contributed by atoms with Crippen molar-refractivity contribution in [3.8, 4) is 11.6 Å². The molecular weight excluding hydrogens is 304 g/mol. The summed E-state index contributed by atoms with van der Waals surface area (Å²) in [6.45, 7) is 2.41. The summed E-state index contributed by atoms with van der Waals surface area (Å²) in [5.74, 6) is 0.395. The van der Waals surface area contributed by atoms with Crippen LogP contribution in [0.2, 0.25) is 0 Å². The van der Waals surface area contributed by atoms with E-state index in [1.807, 2.05) is 49.5 Å². The first-order chi connectivity index (χ1) is 11.7. The quantitative estimate of drug-likeness (QED) is 0.728. The molecule has 0 bridgehead atoms. The van der Waals surface area contributed by atoms with Crippen LogP contribution in [-0.4, -0.2) is 33.3 Å². The molecule has 3 aromatic rings. The van der Waals surface area contributed by atoms with Gasteiger partial charge in [0.1, 0.15) is 11.8 Å². The average Bonchev–Trinajstić information content (AvgIpc) is 3.15. The minimum absolute atomic E-state index is 0.0921. The molecule has 0 unspecified atom stereocenters. The van der Waals surface area contributed by atoms with Crippen LogP contribution < -0.4 is 9.64 Å². The molecule has 1 amide bonds. The van der Waals surface area contributed by atoms with Crippen molar-refractivity contribution in [1.29, 1.82) is 0 Å². The summed E-state index contributed by atoms with van der Waals surface area (Å²) in [5.41, 5.74) is 2.03. The van der Waals surface area contributed by atoms with Gasteiger partial charge in [0.05, 0.1) is 17.8 Å². The van der Waals surface area contributed by atoms with Crippen molar-refractivity contribution in [3.63, 3.8) is 0 Å². The second kappa shape index (κ2) is 5.81. The van der Waals surface area contributed by atoms with E-state index in [0.717, 1.165) is 5.69 Å². The van der Waals surface area contributed by atoms with Gasteiger partial charge in [0.25, 0.3) is 5.91 Å². The van der Waals surface area contributed by atoms with Crippen LogP contribution in [0.1, 0.15) is 17.3 Å². The smallest absolute Gasteiger partial charge is 0.260 e. The topological polar surface area (TPSA) is 60.2 Å². The average molecular weight is 320 g/mol. The number of anilines is 1. The van der Waals surface area contributed by atoms with E-state index in [1.54, 1.807) is 28.0 Å². The normalized spacial score (nSPS) is 16.4. The maximum atomic E-state index is 13.2. The van der Waals surface area contributed by atoms with Gasteiger partial charge in [-0.15, -0.1) is 0 Å². The fourth-order valence-corrected chi connectivity index (χ4v) is 2.87. The summed E-state index contributed by atoms with van der Waals surface area (Å²) >= 11 is 0. The van der Waals surface area contributed by atoms with Crippen LogP contribution in [0, 0.1) is 0 Å². The van der Waals surface area contributed by atoms with Gasteiger partial charge in [-0.3, -0.25) is 9.69 Å². The molecule has 1 aliphatic heterocycles. The van der Waals surface area contributed by atoms with Gasteiger partial charge in [-0.25, -0.2) is 9.67 Å². The lowest BCUT2D eigenvalue weighted by Gasteiger charge is -2.32. The molecule has 6 heteroatoms. The molecule has 24 heavy (non-hydrogen) atoms. The zero-order chi connectivity index (χ0) is 16.5. The maximum Gasteiger partial charge on any atom is 0.260 e. The van der Waals surface area contributed by atoms with Gasteiger partial charge in [-0.05, 0) is 37.3 Å². The number of fused-ring (bicyclic) bond motifs is 1. The molecule has 120 valence electrons. The Morgan fingerprint density at radius 2 is 1.96 bits per heavy atom. The molecule has 1 atom stereocenters. The third-order valence-corrected chi connectivity index (χ3v) is 3.93. The molecule has 1 aliphatic rings. The summed E-state index contributed by atoms with van der Waals surface area (Å²) in [5, 5.41) is 4.24. The first-order valence-corrected chi connectivity index (χ1v) is 7.76. The first kappa shape index (κ1) is 14.4. The number of hydrogen-bond donors (Lipinski definition) is 0. The predicted octanol–water partition coefficient (Wildman–Crippen LogP) is 2.70. The van der Waals surface area contributed by atoms with Gasteiger partial charge < -0.3 is 4.74 Å². The number of amides is 1. The van der Waals surface area contributed by atoms with Crippen LogP contribution >= 0.6 is 0 Å². The Labute approximate surface area is 139 Å². The van der Waals surface area contributed by atoms with E-state index in [2.05, 4.69) is 10.1 Å². The van der Waals surface area contributed by atoms with Gasteiger partial charge in [-0.2, -0.15) is 5.10 Å². The predicted molar refractivity (Wildman–Crippen MR) is 89.6 cm³/mol. The van der Waals surface area contributed by atoms with E-state index in [0.29, 0.717) is 23.7 Å². The largest absolute Gasteiger partial charge is 0.471 e. The van der Waals surface area contributed by atoms with Crippen LogP contribution in [-0.2, 0) is 0 Å². The Morgan fingerprint density at radius 3 is 2.79 bits per heavy atom. The molecule has 4 rings (SSSR count). The van der Waals surface area contributed by atoms with Gasteiger partial charge >= 0.3 is 0 Å². The highest BCUT2D eigenvalue weighted by Gasteiger charge is 2.30. The number of carbonyl (C=O) groups excluding carboxylic acids is 1. The third kappa shape index (κ3) is 2.42. The number of para-hydroxylation sites is 1. The maximum absolute atomic E-state index is 13.2. The third-order valence-electron chi connectivity index (χ3n) is 3.93. The number of carbonyl (C=O) groups is 1. The van der Waals surface area contributed by atoms with E-state index < -0.39 is 0 Å². The monoisotopic (exact) mass is 320 g/mol. The lowest BCUT2D eigenvalue weighted by Crippen LogP contribution is -2.42. The number of nitrogens with zero attached hydrogens (tertiary/aromatic N) is 4. The Morgan fingerprint density at radius 1 is 1.12 bits per heavy atom. The van der Waals surface area contributed by atoms with Gasteiger partial charge in [0.2, 0.25) is 5.88 Å². The van der Waals surface area contributed by atoms with Gasteiger partial charge in [0.15, 0.2) is 0 Å². The molecule has 0 fully saturated rings. The second-order valence-corrected chi connectivity index (χ2v) is 5.64. The van der Waals surface area contributed by atoms with Crippen molar-refractivity contribution >= 4 is 11.6 Å². The zero-order valence-corrected chi connectivity index (χ0v) is 13.2. The van der Waals surface area contributed by atoms with Crippen LogP contribution in [0.25, 0.3) is 5.69 Å². The molecule has 6 nitrogen and oxygen atoms in total. The van der Waals surface area contributed by atoms with Crippen LogP contribution in [0.3, 0.4) is 0 Å². The minimum Gasteiger partial charge on any atom is -0.471 e. The minimum atomic E-state index is -0.117. The van der Waals surface area contributed by atoms with Crippen molar-refractivity contribution < 1.29 is 9.53 Å². The van der Waals surface area contributed by atoms with E-state index in [9.17, 15) is 4.79 Å². The summed E-state index contributed by atoms with van der Waals surface area (Å²) in [7, 11) is 0. The molecule has 0 N–H and O–H groups in total. The molecule has 0 spiro atoms. The van der Waals surface area contributed by atoms with Crippen LogP contribution in [0.15, 0.2) is 61.1 Å². The van der Waals surface area contributed by atoms with Gasteiger partial charge in [-0.1, -0.05) is 12.1 Å². The van der Waals surface area contributed by atoms with Crippen molar-refractivity contribution in [2.24, 2.45) is 0 Å². The Hall–Kier alpha value is -3.15. The summed E-state index contributed by atoms with van der Waals surface area (Å²) in [6.07, 6.45) is 5.06. The number of benzene rings is 1. The SMILES string of the molecule is C[C@@H]1CN(C(=O)c2ccccc2-n2cccn2)c2cccnc2O1. The van der Waals surface area contributed by atoms with Crippen LogP contribution in [0.4, 0.5) is 5.69 Å². The van der Waals surface area contributed by atoms with Crippen LogP contribution in [0.5, 0.6) is 5.88 Å². The highest BCUT2D eigenvalue weighted by Crippen LogP contribution is 2.32. The molecule has 1 aromatic carbocycles. The Kier molecular flexibility index (Phi) is 3.49. The molecule has 0 radical (unpaired) electrons. The lowest BCUT2D eigenvalue weighted by molar-refractivity contribution is 0.0958. The zero-order valence-electron chi connectivity index (χ0n) is 13.2. The van der Waals surface area contributed by atoms with Crippen molar-refractivity contribution in [1.82, 2.24) is 14.8 Å². The number of ether oxygens (including phenoxy) is 1. The highest BCUT2D eigenvalue weighted by molar-refractivity contribution is 6.09. The van der Waals surface area contributed by atoms with Crippen molar-refractivity contribution in [2.45, 2.75) is 13.0 Å². The summed E-state index contributed by atoms with van der Waals surface area (Å²) in [6, 6.07) is 12.9.